The largest absolute Gasteiger partial charge is 0.491 e. The molecule has 7 nitrogen and oxygen atoms in total. The summed E-state index contributed by atoms with van der Waals surface area (Å²) in [4.78, 5) is 36.1. The van der Waals surface area contributed by atoms with Crippen molar-refractivity contribution in [1.82, 2.24) is 0 Å². The maximum absolute atomic E-state index is 13.0. The fourth-order valence-corrected chi connectivity index (χ4v) is 3.29. The Kier molecular flexibility index (Phi) is 8.03. The molecule has 3 aromatic carbocycles. The number of carbonyl (C=O) groups is 3. The van der Waals surface area contributed by atoms with Gasteiger partial charge in [-0.05, 0) is 74.7 Å². The van der Waals surface area contributed by atoms with Gasteiger partial charge in [-0.3, -0.25) is 9.59 Å². The molecule has 0 unspecified atom stereocenters. The van der Waals surface area contributed by atoms with Crippen LogP contribution in [0.1, 0.15) is 50.2 Å². The van der Waals surface area contributed by atoms with Crippen LogP contribution in [0.5, 0.6) is 11.5 Å². The van der Waals surface area contributed by atoms with Gasteiger partial charge in [0, 0.05) is 12.0 Å². The molecule has 0 atom stereocenters. The van der Waals surface area contributed by atoms with E-state index in [2.05, 4.69) is 5.32 Å². The molecule has 3 rings (SSSR count). The fourth-order valence-electron chi connectivity index (χ4n) is 3.29. The number of esters is 1. The Bertz CT molecular complexity index is 1200. The van der Waals surface area contributed by atoms with E-state index in [0.717, 1.165) is 5.56 Å². The zero-order valence-electron chi connectivity index (χ0n) is 19.4. The SMILES string of the molecule is Cc1ccc(C(=O)Oc2ccc(C(=O)Nc3ccccc3OCCCC(=O)O)c(C)c2C)cc1. The molecule has 0 aliphatic carbocycles. The maximum atomic E-state index is 13.0. The van der Waals surface area contributed by atoms with Gasteiger partial charge in [0.25, 0.3) is 5.91 Å². The normalized spacial score (nSPS) is 10.4. The van der Waals surface area contributed by atoms with Crippen LogP contribution in [0.15, 0.2) is 60.7 Å². The van der Waals surface area contributed by atoms with E-state index in [1.807, 2.05) is 19.1 Å². The van der Waals surface area contributed by atoms with Crippen LogP contribution in [-0.2, 0) is 4.79 Å². The highest BCUT2D eigenvalue weighted by Crippen LogP contribution is 2.28. The lowest BCUT2D eigenvalue weighted by molar-refractivity contribution is -0.137. The first-order valence-corrected chi connectivity index (χ1v) is 10.9. The summed E-state index contributed by atoms with van der Waals surface area (Å²) in [6.07, 6.45) is 0.368. The van der Waals surface area contributed by atoms with Gasteiger partial charge in [0.05, 0.1) is 17.9 Å². The van der Waals surface area contributed by atoms with Crippen LogP contribution < -0.4 is 14.8 Å². The third-order valence-electron chi connectivity index (χ3n) is 5.40. The molecule has 34 heavy (non-hydrogen) atoms. The minimum Gasteiger partial charge on any atom is -0.491 e. The van der Waals surface area contributed by atoms with E-state index in [4.69, 9.17) is 14.6 Å². The second-order valence-electron chi connectivity index (χ2n) is 7.91. The van der Waals surface area contributed by atoms with Gasteiger partial charge >= 0.3 is 11.9 Å². The van der Waals surface area contributed by atoms with Gasteiger partial charge in [-0.2, -0.15) is 0 Å². The standard InChI is InChI=1S/C27H27NO6/c1-17-10-12-20(13-11-17)27(32)34-23-15-14-21(18(2)19(23)3)26(31)28-22-7-4-5-8-24(22)33-16-6-9-25(29)30/h4-5,7-8,10-15H,6,9,16H2,1-3H3,(H,28,31)(H,29,30). The highest BCUT2D eigenvalue weighted by Gasteiger charge is 2.17. The van der Waals surface area contributed by atoms with E-state index in [1.165, 1.54) is 0 Å². The van der Waals surface area contributed by atoms with Crippen molar-refractivity contribution >= 4 is 23.5 Å². The molecule has 0 aliphatic rings. The number of aryl methyl sites for hydroxylation is 1. The Balaban J connectivity index is 1.71. The molecule has 0 bridgehead atoms. The Morgan fingerprint density at radius 2 is 1.56 bits per heavy atom. The first-order chi connectivity index (χ1) is 16.3. The van der Waals surface area contributed by atoms with E-state index >= 15 is 0 Å². The monoisotopic (exact) mass is 461 g/mol. The summed E-state index contributed by atoms with van der Waals surface area (Å²) < 4.78 is 11.2. The average Bonchev–Trinajstić information content (AvgIpc) is 2.81. The summed E-state index contributed by atoms with van der Waals surface area (Å²) in [5, 5.41) is 11.6. The first-order valence-electron chi connectivity index (χ1n) is 10.9. The van der Waals surface area contributed by atoms with Crippen LogP contribution in [0.4, 0.5) is 5.69 Å². The van der Waals surface area contributed by atoms with Crippen LogP contribution in [0.3, 0.4) is 0 Å². The number of benzene rings is 3. The molecule has 0 spiro atoms. The van der Waals surface area contributed by atoms with Crippen LogP contribution >= 0.6 is 0 Å². The fraction of sp³-hybridized carbons (Fsp3) is 0.222. The second kappa shape index (κ2) is 11.1. The number of anilines is 1. The van der Waals surface area contributed by atoms with Crippen molar-refractivity contribution in [2.24, 2.45) is 0 Å². The van der Waals surface area contributed by atoms with Gasteiger partial charge in [0.2, 0.25) is 0 Å². The van der Waals surface area contributed by atoms with Crippen LogP contribution in [0.25, 0.3) is 0 Å². The average molecular weight is 462 g/mol. The van der Waals surface area contributed by atoms with Crippen molar-refractivity contribution in [2.75, 3.05) is 11.9 Å². The van der Waals surface area contributed by atoms with Crippen molar-refractivity contribution in [2.45, 2.75) is 33.6 Å². The predicted molar refractivity (Wildman–Crippen MR) is 129 cm³/mol. The number of nitrogens with one attached hydrogen (secondary N) is 1. The molecule has 0 saturated heterocycles. The topological polar surface area (TPSA) is 102 Å². The number of ether oxygens (including phenoxy) is 2. The van der Waals surface area contributed by atoms with Gasteiger partial charge in [0.15, 0.2) is 0 Å². The summed E-state index contributed by atoms with van der Waals surface area (Å²) in [5.41, 5.74) is 3.79. The number of aliphatic carboxylic acids is 1. The molecule has 0 fully saturated rings. The summed E-state index contributed by atoms with van der Waals surface area (Å²) >= 11 is 0. The molecule has 2 N–H and O–H groups in total. The number of hydrogen-bond donors (Lipinski definition) is 2. The molecule has 7 heteroatoms. The van der Waals surface area contributed by atoms with Gasteiger partial charge in [-0.1, -0.05) is 29.8 Å². The van der Waals surface area contributed by atoms with Crippen molar-refractivity contribution in [3.63, 3.8) is 0 Å². The van der Waals surface area contributed by atoms with Crippen LogP contribution in [0.2, 0.25) is 0 Å². The maximum Gasteiger partial charge on any atom is 0.343 e. The Morgan fingerprint density at radius 1 is 0.853 bits per heavy atom. The highest BCUT2D eigenvalue weighted by atomic mass is 16.5. The van der Waals surface area contributed by atoms with Crippen molar-refractivity contribution < 1.29 is 29.0 Å². The summed E-state index contributed by atoms with van der Waals surface area (Å²) in [5.74, 6) is -0.836. The molecule has 0 aromatic heterocycles. The predicted octanol–water partition coefficient (Wildman–Crippen LogP) is 5.33. The lowest BCUT2D eigenvalue weighted by Crippen LogP contribution is -2.16. The molecule has 0 saturated carbocycles. The third kappa shape index (κ3) is 6.22. The summed E-state index contributed by atoms with van der Waals surface area (Å²) in [7, 11) is 0. The zero-order valence-corrected chi connectivity index (χ0v) is 19.4. The van der Waals surface area contributed by atoms with Gasteiger partial charge in [-0.25, -0.2) is 4.79 Å². The Hall–Kier alpha value is -4.13. The van der Waals surface area contributed by atoms with Crippen molar-refractivity contribution in [1.29, 1.82) is 0 Å². The Labute approximate surface area is 198 Å². The lowest BCUT2D eigenvalue weighted by Gasteiger charge is -2.15. The van der Waals surface area contributed by atoms with E-state index in [0.29, 0.717) is 45.9 Å². The molecule has 176 valence electrons. The number of rotatable bonds is 9. The summed E-state index contributed by atoms with van der Waals surface area (Å²) in [6.45, 7) is 5.75. The zero-order chi connectivity index (χ0) is 24.7. The van der Waals surface area contributed by atoms with E-state index in [9.17, 15) is 14.4 Å². The molecular weight excluding hydrogens is 434 g/mol. The molecule has 0 aliphatic heterocycles. The summed E-state index contributed by atoms with van der Waals surface area (Å²) in [6, 6.07) is 17.3. The number of para-hydroxylation sites is 2. The van der Waals surface area contributed by atoms with Gasteiger partial charge < -0.3 is 19.9 Å². The Morgan fingerprint density at radius 3 is 2.26 bits per heavy atom. The smallest absolute Gasteiger partial charge is 0.343 e. The van der Waals surface area contributed by atoms with Crippen LogP contribution in [-0.4, -0.2) is 29.6 Å². The van der Waals surface area contributed by atoms with Crippen molar-refractivity contribution in [3.05, 3.63) is 88.5 Å². The third-order valence-corrected chi connectivity index (χ3v) is 5.40. The molecule has 0 radical (unpaired) electrons. The number of carbonyl (C=O) groups excluding carboxylic acids is 2. The molecular formula is C27H27NO6. The number of amides is 1. The van der Waals surface area contributed by atoms with E-state index in [1.54, 1.807) is 62.4 Å². The van der Waals surface area contributed by atoms with Gasteiger partial charge in [-0.15, -0.1) is 0 Å². The van der Waals surface area contributed by atoms with Crippen molar-refractivity contribution in [3.8, 4) is 11.5 Å². The van der Waals surface area contributed by atoms with E-state index < -0.39 is 11.9 Å². The lowest BCUT2D eigenvalue weighted by atomic mass is 10.0. The van der Waals surface area contributed by atoms with Gasteiger partial charge in [0.1, 0.15) is 11.5 Å². The number of hydrogen-bond acceptors (Lipinski definition) is 5. The minimum absolute atomic E-state index is 0.00777. The quantitative estimate of drug-likeness (QED) is 0.254. The van der Waals surface area contributed by atoms with Crippen LogP contribution in [0, 0.1) is 20.8 Å². The second-order valence-corrected chi connectivity index (χ2v) is 7.91. The minimum atomic E-state index is -0.885. The number of carboxylic acid groups (broad SMARTS) is 1. The molecule has 1 amide bonds. The highest BCUT2D eigenvalue weighted by molar-refractivity contribution is 6.06. The van der Waals surface area contributed by atoms with E-state index in [-0.39, 0.29) is 18.9 Å². The first kappa shape index (κ1) is 24.5. The number of carboxylic acids is 1. The molecule has 3 aromatic rings. The molecule has 0 heterocycles.